The SMILES string of the molecule is CC/C=C\C/C=C\C[C@H](O)\C=C/C=C/C=C/[C@H](O)C/C=C\CCC. The number of hydrogen-bond donors (Lipinski definition) is 2. The summed E-state index contributed by atoms with van der Waals surface area (Å²) in [6.45, 7) is 4.25. The van der Waals surface area contributed by atoms with Crippen molar-refractivity contribution in [3.05, 3.63) is 72.9 Å². The first-order valence-electron chi connectivity index (χ1n) is 9.03. The fourth-order valence-corrected chi connectivity index (χ4v) is 1.86. The standard InChI is InChI=1S/C22H34O2/c1-3-5-7-9-10-14-18-22(24)20-16-12-11-15-19-21(23)17-13-8-6-4-2/h5,7-8,10-16,19-24H,3-4,6,9,17-18H2,1-2H3/b7-5-,12-11+,13-8-,14-10-,19-15+,20-16-/t21-,22+/m1/s1. The van der Waals surface area contributed by atoms with E-state index in [9.17, 15) is 10.2 Å². The lowest BCUT2D eigenvalue weighted by molar-refractivity contribution is 0.226. The van der Waals surface area contributed by atoms with Gasteiger partial charge in [0.05, 0.1) is 12.2 Å². The summed E-state index contributed by atoms with van der Waals surface area (Å²) in [5.74, 6) is 0. The van der Waals surface area contributed by atoms with Crippen LogP contribution < -0.4 is 0 Å². The molecule has 24 heavy (non-hydrogen) atoms. The first kappa shape index (κ1) is 22.4. The molecule has 0 rings (SSSR count). The number of allylic oxidation sites excluding steroid dienone is 8. The lowest BCUT2D eigenvalue weighted by atomic mass is 10.2. The predicted octanol–water partition coefficient (Wildman–Crippen LogP) is 5.43. The number of unbranched alkanes of at least 4 members (excludes halogenated alkanes) is 1. The van der Waals surface area contributed by atoms with Crippen LogP contribution in [-0.2, 0) is 0 Å². The molecule has 0 aromatic heterocycles. The van der Waals surface area contributed by atoms with E-state index in [1.54, 1.807) is 12.2 Å². The van der Waals surface area contributed by atoms with Crippen molar-refractivity contribution in [2.24, 2.45) is 0 Å². The van der Waals surface area contributed by atoms with E-state index in [2.05, 4.69) is 38.2 Å². The van der Waals surface area contributed by atoms with Crippen LogP contribution in [0.3, 0.4) is 0 Å². The van der Waals surface area contributed by atoms with Crippen LogP contribution in [0.15, 0.2) is 72.9 Å². The molecular weight excluding hydrogens is 296 g/mol. The summed E-state index contributed by atoms with van der Waals surface area (Å²) in [5.41, 5.74) is 0. The van der Waals surface area contributed by atoms with Crippen molar-refractivity contribution < 1.29 is 10.2 Å². The number of aliphatic hydroxyl groups excluding tert-OH is 2. The largest absolute Gasteiger partial charge is 0.389 e. The lowest BCUT2D eigenvalue weighted by Crippen LogP contribution is -1.98. The summed E-state index contributed by atoms with van der Waals surface area (Å²) in [5, 5.41) is 19.5. The van der Waals surface area contributed by atoms with E-state index in [0.29, 0.717) is 12.8 Å². The van der Waals surface area contributed by atoms with E-state index >= 15 is 0 Å². The fraction of sp³-hybridized carbons (Fsp3) is 0.455. The summed E-state index contributed by atoms with van der Waals surface area (Å²) >= 11 is 0. The molecule has 2 heteroatoms. The Morgan fingerprint density at radius 1 is 0.667 bits per heavy atom. The highest BCUT2D eigenvalue weighted by atomic mass is 16.3. The minimum Gasteiger partial charge on any atom is -0.389 e. The first-order valence-corrected chi connectivity index (χ1v) is 9.03. The van der Waals surface area contributed by atoms with Gasteiger partial charge in [-0.3, -0.25) is 0 Å². The molecule has 0 radical (unpaired) electrons. The average Bonchev–Trinajstić information content (AvgIpc) is 2.58. The molecule has 2 atom stereocenters. The molecule has 0 aromatic rings. The zero-order valence-electron chi connectivity index (χ0n) is 15.2. The summed E-state index contributed by atoms with van der Waals surface area (Å²) in [7, 11) is 0. The molecule has 0 aromatic carbocycles. The quantitative estimate of drug-likeness (QED) is 0.349. The Bertz CT molecular complexity index is 439. The molecule has 0 saturated carbocycles. The molecule has 2 nitrogen and oxygen atoms in total. The Balaban J connectivity index is 3.89. The maximum atomic E-state index is 9.78. The molecule has 134 valence electrons. The van der Waals surface area contributed by atoms with Crippen LogP contribution in [0.4, 0.5) is 0 Å². The van der Waals surface area contributed by atoms with Gasteiger partial charge in [-0.05, 0) is 32.1 Å². The molecule has 0 aliphatic rings. The van der Waals surface area contributed by atoms with Crippen LogP contribution >= 0.6 is 0 Å². The summed E-state index contributed by atoms with van der Waals surface area (Å²) in [6.07, 6.45) is 27.9. The third kappa shape index (κ3) is 16.7. The third-order valence-electron chi connectivity index (χ3n) is 3.22. The molecule has 0 spiro atoms. The smallest absolute Gasteiger partial charge is 0.0758 e. The second kappa shape index (κ2) is 17.7. The molecule has 0 saturated heterocycles. The Morgan fingerprint density at radius 3 is 1.75 bits per heavy atom. The number of aliphatic hydroxyl groups is 2. The monoisotopic (exact) mass is 330 g/mol. The highest BCUT2D eigenvalue weighted by molar-refractivity contribution is 5.13. The van der Waals surface area contributed by atoms with Gasteiger partial charge in [0.25, 0.3) is 0 Å². The van der Waals surface area contributed by atoms with E-state index in [1.165, 1.54) is 0 Å². The van der Waals surface area contributed by atoms with Gasteiger partial charge < -0.3 is 10.2 Å². The average molecular weight is 331 g/mol. The van der Waals surface area contributed by atoms with E-state index in [1.807, 2.05) is 36.5 Å². The Labute approximate surface area is 148 Å². The molecule has 0 aliphatic heterocycles. The van der Waals surface area contributed by atoms with Crippen molar-refractivity contribution in [3.63, 3.8) is 0 Å². The Kier molecular flexibility index (Phi) is 16.5. The fourth-order valence-electron chi connectivity index (χ4n) is 1.86. The Hall–Kier alpha value is -1.64. The van der Waals surface area contributed by atoms with Crippen molar-refractivity contribution in [1.29, 1.82) is 0 Å². The van der Waals surface area contributed by atoms with Crippen LogP contribution in [-0.4, -0.2) is 22.4 Å². The van der Waals surface area contributed by atoms with Crippen molar-refractivity contribution in [3.8, 4) is 0 Å². The minimum atomic E-state index is -0.459. The maximum absolute atomic E-state index is 9.78. The molecule has 0 fully saturated rings. The van der Waals surface area contributed by atoms with Gasteiger partial charge in [0.2, 0.25) is 0 Å². The highest BCUT2D eigenvalue weighted by Gasteiger charge is 1.93. The first-order chi connectivity index (χ1) is 11.7. The van der Waals surface area contributed by atoms with Crippen LogP contribution in [0.1, 0.15) is 52.4 Å². The molecule has 0 heterocycles. The zero-order chi connectivity index (χ0) is 17.9. The van der Waals surface area contributed by atoms with Crippen LogP contribution in [0.5, 0.6) is 0 Å². The lowest BCUT2D eigenvalue weighted by Gasteiger charge is -1.99. The number of hydrogen-bond acceptors (Lipinski definition) is 2. The summed E-state index contributed by atoms with van der Waals surface area (Å²) in [4.78, 5) is 0. The van der Waals surface area contributed by atoms with Crippen molar-refractivity contribution in [2.45, 2.75) is 64.6 Å². The second-order valence-electron chi connectivity index (χ2n) is 5.61. The molecule has 0 bridgehead atoms. The third-order valence-corrected chi connectivity index (χ3v) is 3.22. The molecule has 2 N–H and O–H groups in total. The van der Waals surface area contributed by atoms with Crippen molar-refractivity contribution in [2.75, 3.05) is 0 Å². The van der Waals surface area contributed by atoms with Gasteiger partial charge in [0.15, 0.2) is 0 Å². The predicted molar refractivity (Wildman–Crippen MR) is 106 cm³/mol. The molecule has 0 amide bonds. The van der Waals surface area contributed by atoms with Gasteiger partial charge in [-0.15, -0.1) is 0 Å². The van der Waals surface area contributed by atoms with E-state index < -0.39 is 12.2 Å². The second-order valence-corrected chi connectivity index (χ2v) is 5.61. The van der Waals surface area contributed by atoms with E-state index in [-0.39, 0.29) is 0 Å². The van der Waals surface area contributed by atoms with Crippen LogP contribution in [0, 0.1) is 0 Å². The van der Waals surface area contributed by atoms with Gasteiger partial charge in [0, 0.05) is 0 Å². The topological polar surface area (TPSA) is 40.5 Å². The van der Waals surface area contributed by atoms with Gasteiger partial charge in [0.1, 0.15) is 0 Å². The van der Waals surface area contributed by atoms with Crippen molar-refractivity contribution >= 4 is 0 Å². The normalized spacial score (nSPS) is 16.0. The van der Waals surface area contributed by atoms with Gasteiger partial charge in [-0.25, -0.2) is 0 Å². The van der Waals surface area contributed by atoms with E-state index in [4.69, 9.17) is 0 Å². The van der Waals surface area contributed by atoms with E-state index in [0.717, 1.165) is 25.7 Å². The summed E-state index contributed by atoms with van der Waals surface area (Å²) in [6, 6.07) is 0. The van der Waals surface area contributed by atoms with Gasteiger partial charge in [-0.1, -0.05) is 93.2 Å². The molecular formula is C22H34O2. The molecule has 0 aliphatic carbocycles. The van der Waals surface area contributed by atoms with Gasteiger partial charge >= 0.3 is 0 Å². The number of rotatable bonds is 13. The zero-order valence-corrected chi connectivity index (χ0v) is 15.2. The summed E-state index contributed by atoms with van der Waals surface area (Å²) < 4.78 is 0. The van der Waals surface area contributed by atoms with Crippen LogP contribution in [0.25, 0.3) is 0 Å². The minimum absolute atomic E-state index is 0.441. The van der Waals surface area contributed by atoms with Gasteiger partial charge in [-0.2, -0.15) is 0 Å². The Morgan fingerprint density at radius 2 is 1.21 bits per heavy atom. The van der Waals surface area contributed by atoms with Crippen LogP contribution in [0.2, 0.25) is 0 Å². The maximum Gasteiger partial charge on any atom is 0.0758 e. The van der Waals surface area contributed by atoms with Crippen molar-refractivity contribution in [1.82, 2.24) is 0 Å². The molecule has 0 unspecified atom stereocenters. The highest BCUT2D eigenvalue weighted by Crippen LogP contribution is 2.00.